The van der Waals surface area contributed by atoms with Crippen molar-refractivity contribution >= 4 is 26.8 Å². The van der Waals surface area contributed by atoms with Crippen molar-refractivity contribution in [1.82, 2.24) is 14.6 Å². The van der Waals surface area contributed by atoms with E-state index in [0.717, 1.165) is 27.9 Å². The zero-order chi connectivity index (χ0) is 23.0. The number of nitrogens with one attached hydrogen (secondary N) is 2. The number of sulfonamides is 1. The second kappa shape index (κ2) is 8.71. The van der Waals surface area contributed by atoms with Crippen LogP contribution in [0.2, 0.25) is 0 Å². The third-order valence-electron chi connectivity index (χ3n) is 6.61. The highest BCUT2D eigenvalue weighted by Crippen LogP contribution is 2.27. The Morgan fingerprint density at radius 1 is 1.06 bits per heavy atom. The first-order valence-corrected chi connectivity index (χ1v) is 12.5. The van der Waals surface area contributed by atoms with Crippen LogP contribution in [0.15, 0.2) is 41.3 Å². The van der Waals surface area contributed by atoms with E-state index in [1.807, 2.05) is 38.1 Å². The molecule has 4 rings (SSSR count). The molecule has 0 atom stereocenters. The summed E-state index contributed by atoms with van der Waals surface area (Å²) in [7, 11) is -3.54. The van der Waals surface area contributed by atoms with E-state index in [4.69, 9.17) is 0 Å². The maximum Gasteiger partial charge on any atom is 0.243 e. The molecule has 1 fully saturated rings. The monoisotopic (exact) mass is 453 g/mol. The van der Waals surface area contributed by atoms with Crippen molar-refractivity contribution in [1.29, 1.82) is 0 Å². The van der Waals surface area contributed by atoms with Crippen molar-refractivity contribution < 1.29 is 13.2 Å². The summed E-state index contributed by atoms with van der Waals surface area (Å²) in [6.45, 7) is 9.13. The van der Waals surface area contributed by atoms with Crippen molar-refractivity contribution in [2.24, 2.45) is 5.92 Å². The fraction of sp³-hybridized carbons (Fsp3) is 0.400. The molecular weight excluding hydrogens is 422 g/mol. The van der Waals surface area contributed by atoms with Crippen LogP contribution in [0.4, 0.5) is 0 Å². The number of benzene rings is 2. The molecular formula is C25H31N3O3S. The standard InChI is InChI=1S/C25H31N3O3S/c1-16-5-8-24(17(2)13-16)32(30,31)28-11-9-21(10-12-28)25(29)26-15-20-6-7-23-22(14-20)18(3)19(4)27-23/h5-8,13-14,21,27H,9-12,15H2,1-4H3,(H,26,29). The Labute approximate surface area is 190 Å². The molecule has 2 heterocycles. The van der Waals surface area contributed by atoms with Gasteiger partial charge in [-0.1, -0.05) is 23.8 Å². The molecule has 0 radical (unpaired) electrons. The number of hydrogen-bond donors (Lipinski definition) is 2. The van der Waals surface area contributed by atoms with Crippen LogP contribution in [0.3, 0.4) is 0 Å². The van der Waals surface area contributed by atoms with E-state index >= 15 is 0 Å². The van der Waals surface area contributed by atoms with E-state index in [2.05, 4.69) is 30.2 Å². The second-order valence-electron chi connectivity index (χ2n) is 8.92. The van der Waals surface area contributed by atoms with Gasteiger partial charge in [-0.05, 0) is 75.4 Å². The van der Waals surface area contributed by atoms with Crippen LogP contribution < -0.4 is 5.32 Å². The van der Waals surface area contributed by atoms with Crippen molar-refractivity contribution in [3.8, 4) is 0 Å². The lowest BCUT2D eigenvalue weighted by Crippen LogP contribution is -2.43. The van der Waals surface area contributed by atoms with E-state index in [1.54, 1.807) is 6.07 Å². The lowest BCUT2D eigenvalue weighted by molar-refractivity contribution is -0.126. The topological polar surface area (TPSA) is 82.3 Å². The third-order valence-corrected chi connectivity index (χ3v) is 8.67. The number of aromatic amines is 1. The van der Waals surface area contributed by atoms with E-state index in [0.29, 0.717) is 37.4 Å². The smallest absolute Gasteiger partial charge is 0.243 e. The van der Waals surface area contributed by atoms with Gasteiger partial charge < -0.3 is 10.3 Å². The molecule has 0 unspecified atom stereocenters. The summed E-state index contributed by atoms with van der Waals surface area (Å²) in [5, 5.41) is 4.22. The number of carbonyl (C=O) groups is 1. The summed E-state index contributed by atoms with van der Waals surface area (Å²) in [5.74, 6) is -0.170. The fourth-order valence-corrected chi connectivity index (χ4v) is 6.21. The SMILES string of the molecule is Cc1ccc(S(=O)(=O)N2CCC(C(=O)NCc3ccc4[nH]c(C)c(C)c4c3)CC2)c(C)c1. The zero-order valence-corrected chi connectivity index (χ0v) is 20.0. The Morgan fingerprint density at radius 3 is 2.47 bits per heavy atom. The van der Waals surface area contributed by atoms with Crippen LogP contribution in [-0.2, 0) is 21.4 Å². The Kier molecular flexibility index (Phi) is 6.14. The first kappa shape index (κ1) is 22.6. The van der Waals surface area contributed by atoms with Gasteiger partial charge in [0.25, 0.3) is 0 Å². The largest absolute Gasteiger partial charge is 0.358 e. The van der Waals surface area contributed by atoms with Gasteiger partial charge in [-0.2, -0.15) is 4.31 Å². The fourth-order valence-electron chi connectivity index (χ4n) is 4.54. The highest BCUT2D eigenvalue weighted by molar-refractivity contribution is 7.89. The number of hydrogen-bond acceptors (Lipinski definition) is 3. The molecule has 170 valence electrons. The highest BCUT2D eigenvalue weighted by atomic mass is 32.2. The number of rotatable bonds is 5. The average molecular weight is 454 g/mol. The lowest BCUT2D eigenvalue weighted by atomic mass is 9.97. The van der Waals surface area contributed by atoms with Crippen LogP contribution in [-0.4, -0.2) is 36.7 Å². The lowest BCUT2D eigenvalue weighted by Gasteiger charge is -2.31. The van der Waals surface area contributed by atoms with E-state index < -0.39 is 10.0 Å². The quantitative estimate of drug-likeness (QED) is 0.610. The van der Waals surface area contributed by atoms with Crippen LogP contribution in [0.25, 0.3) is 10.9 Å². The van der Waals surface area contributed by atoms with Gasteiger partial charge in [-0.25, -0.2) is 8.42 Å². The third kappa shape index (κ3) is 4.32. The molecule has 1 aliphatic rings. The average Bonchev–Trinajstić information content (AvgIpc) is 3.05. The molecule has 1 aromatic heterocycles. The number of aromatic nitrogens is 1. The van der Waals surface area contributed by atoms with Gasteiger partial charge in [0.2, 0.25) is 15.9 Å². The second-order valence-corrected chi connectivity index (χ2v) is 10.8. The van der Waals surface area contributed by atoms with E-state index in [-0.39, 0.29) is 11.8 Å². The molecule has 7 heteroatoms. The molecule has 2 aromatic carbocycles. The van der Waals surface area contributed by atoms with Crippen LogP contribution >= 0.6 is 0 Å². The van der Waals surface area contributed by atoms with Gasteiger partial charge in [-0.3, -0.25) is 4.79 Å². The predicted molar refractivity (Wildman–Crippen MR) is 127 cm³/mol. The minimum absolute atomic E-state index is 0.00404. The van der Waals surface area contributed by atoms with Crippen LogP contribution in [0.5, 0.6) is 0 Å². The number of carbonyl (C=O) groups excluding carboxylic acids is 1. The minimum atomic E-state index is -3.54. The first-order chi connectivity index (χ1) is 15.2. The molecule has 1 saturated heterocycles. The normalized spacial score (nSPS) is 15.9. The number of nitrogens with zero attached hydrogens (tertiary/aromatic N) is 1. The molecule has 2 N–H and O–H groups in total. The first-order valence-electron chi connectivity index (χ1n) is 11.1. The van der Waals surface area contributed by atoms with Gasteiger partial charge in [0, 0.05) is 42.1 Å². The highest BCUT2D eigenvalue weighted by Gasteiger charge is 2.32. The molecule has 1 aliphatic heterocycles. The van der Waals surface area contributed by atoms with Crippen LogP contribution in [0, 0.1) is 33.6 Å². The molecule has 6 nitrogen and oxygen atoms in total. The number of fused-ring (bicyclic) bond motifs is 1. The van der Waals surface area contributed by atoms with Gasteiger partial charge in [0.1, 0.15) is 0 Å². The molecule has 3 aromatic rings. The molecule has 1 amide bonds. The number of aryl methyl sites for hydroxylation is 4. The van der Waals surface area contributed by atoms with Crippen molar-refractivity contribution in [3.05, 3.63) is 64.3 Å². The summed E-state index contributed by atoms with van der Waals surface area (Å²) < 4.78 is 27.6. The summed E-state index contributed by atoms with van der Waals surface area (Å²) in [5.41, 5.74) is 6.34. The van der Waals surface area contributed by atoms with Crippen molar-refractivity contribution in [2.75, 3.05) is 13.1 Å². The minimum Gasteiger partial charge on any atom is -0.358 e. The maximum absolute atomic E-state index is 13.1. The van der Waals surface area contributed by atoms with Crippen molar-refractivity contribution in [3.63, 3.8) is 0 Å². The number of amides is 1. The number of piperidine rings is 1. The van der Waals surface area contributed by atoms with Gasteiger partial charge >= 0.3 is 0 Å². The molecule has 0 bridgehead atoms. The number of H-pyrrole nitrogens is 1. The van der Waals surface area contributed by atoms with Gasteiger partial charge in [0.05, 0.1) is 4.90 Å². The predicted octanol–water partition coefficient (Wildman–Crippen LogP) is 4.12. The maximum atomic E-state index is 13.1. The Balaban J connectivity index is 1.36. The van der Waals surface area contributed by atoms with E-state index in [1.165, 1.54) is 15.3 Å². The van der Waals surface area contributed by atoms with Crippen LogP contribution in [0.1, 0.15) is 40.8 Å². The van der Waals surface area contributed by atoms with Crippen molar-refractivity contribution in [2.45, 2.75) is 52.0 Å². The Bertz CT molecular complexity index is 1270. The summed E-state index contributed by atoms with van der Waals surface area (Å²) in [6.07, 6.45) is 1.07. The molecule has 32 heavy (non-hydrogen) atoms. The Hall–Kier alpha value is -2.64. The summed E-state index contributed by atoms with van der Waals surface area (Å²) >= 11 is 0. The summed E-state index contributed by atoms with van der Waals surface area (Å²) in [6, 6.07) is 11.6. The van der Waals surface area contributed by atoms with Gasteiger partial charge in [-0.15, -0.1) is 0 Å². The van der Waals surface area contributed by atoms with Gasteiger partial charge in [0.15, 0.2) is 0 Å². The summed E-state index contributed by atoms with van der Waals surface area (Å²) in [4.78, 5) is 16.5. The zero-order valence-electron chi connectivity index (χ0n) is 19.2. The molecule has 0 aliphatic carbocycles. The Morgan fingerprint density at radius 2 is 1.78 bits per heavy atom. The van der Waals surface area contributed by atoms with E-state index in [9.17, 15) is 13.2 Å². The molecule has 0 saturated carbocycles. The molecule has 0 spiro atoms.